The lowest BCUT2D eigenvalue weighted by Gasteiger charge is -2.42. The second-order valence-corrected chi connectivity index (χ2v) is 12.0. The predicted molar refractivity (Wildman–Crippen MR) is 129 cm³/mol. The van der Waals surface area contributed by atoms with Crippen molar-refractivity contribution >= 4 is 21.7 Å². The number of alkyl halides is 2. The van der Waals surface area contributed by atoms with Crippen LogP contribution in [-0.2, 0) is 24.3 Å². The van der Waals surface area contributed by atoms with Gasteiger partial charge in [0.2, 0.25) is 22.2 Å². The van der Waals surface area contributed by atoms with E-state index < -0.39 is 28.1 Å². The Morgan fingerprint density at radius 2 is 1.81 bits per heavy atom. The molecule has 1 aromatic heterocycles. The molecule has 12 heteroatoms. The van der Waals surface area contributed by atoms with Crippen molar-refractivity contribution in [3.63, 3.8) is 0 Å². The molecule has 1 aromatic rings. The zero-order valence-electron chi connectivity index (χ0n) is 21.3. The number of nitrogens with zero attached hydrogens (tertiary/aromatic N) is 4. The molecule has 202 valence electrons. The van der Waals surface area contributed by atoms with E-state index in [0.29, 0.717) is 31.1 Å². The molecule has 4 rings (SSSR count). The van der Waals surface area contributed by atoms with E-state index in [4.69, 9.17) is 9.47 Å². The lowest BCUT2D eigenvalue weighted by Crippen LogP contribution is -2.57. The van der Waals surface area contributed by atoms with Crippen molar-refractivity contribution in [1.29, 1.82) is 0 Å². The van der Waals surface area contributed by atoms with Crippen LogP contribution >= 0.6 is 0 Å². The highest BCUT2D eigenvalue weighted by molar-refractivity contribution is 7.89. The third kappa shape index (κ3) is 5.36. The molecule has 0 N–H and O–H groups in total. The van der Waals surface area contributed by atoms with E-state index in [1.807, 2.05) is 18.7 Å². The summed E-state index contributed by atoms with van der Waals surface area (Å²) in [4.78, 5) is 21.4. The molecule has 0 spiro atoms. The minimum absolute atomic E-state index is 0.0111. The molecule has 0 aromatic carbocycles. The second-order valence-electron chi connectivity index (χ2n) is 10.1. The number of rotatable bonds is 5. The van der Waals surface area contributed by atoms with Gasteiger partial charge in [-0.05, 0) is 52.2 Å². The summed E-state index contributed by atoms with van der Waals surface area (Å²) in [5.41, 5.74) is 0.672. The molecule has 2 saturated heterocycles. The molecule has 0 unspecified atom stereocenters. The average molecular weight is 531 g/mol. The highest BCUT2D eigenvalue weighted by atomic mass is 32.2. The Hall–Kier alpha value is -1.89. The number of aryl methyl sites for hydroxylation is 1. The number of amides is 1. The molecule has 3 heterocycles. The molecule has 36 heavy (non-hydrogen) atoms. The van der Waals surface area contributed by atoms with Crippen molar-refractivity contribution in [1.82, 2.24) is 14.2 Å². The number of carbonyl (C=O) groups excluding carboxylic acids is 1. The summed E-state index contributed by atoms with van der Waals surface area (Å²) in [7, 11) is -2.65. The van der Waals surface area contributed by atoms with Crippen LogP contribution < -0.4 is 4.90 Å². The molecule has 3 atom stereocenters. The lowest BCUT2D eigenvalue weighted by molar-refractivity contribution is -0.159. The fourth-order valence-electron chi connectivity index (χ4n) is 5.29. The number of pyridine rings is 1. The van der Waals surface area contributed by atoms with Crippen molar-refractivity contribution in [2.75, 3.05) is 38.3 Å². The molecule has 1 amide bonds. The van der Waals surface area contributed by atoms with Crippen molar-refractivity contribution in [2.45, 2.75) is 88.0 Å². The summed E-state index contributed by atoms with van der Waals surface area (Å²) in [6, 6.07) is 2.59. The number of carbonyl (C=O) groups is 1. The highest BCUT2D eigenvalue weighted by Gasteiger charge is 2.45. The van der Waals surface area contributed by atoms with E-state index in [-0.39, 0.29) is 61.9 Å². The minimum Gasteiger partial charge on any atom is -0.377 e. The van der Waals surface area contributed by atoms with Gasteiger partial charge in [-0.2, -0.15) is 4.31 Å². The number of ether oxygens (including phenoxy) is 2. The van der Waals surface area contributed by atoms with Gasteiger partial charge in [-0.25, -0.2) is 22.2 Å². The Morgan fingerprint density at radius 1 is 1.17 bits per heavy atom. The molecule has 3 aliphatic rings. The Balaban J connectivity index is 1.64. The van der Waals surface area contributed by atoms with E-state index in [0.717, 1.165) is 4.31 Å². The van der Waals surface area contributed by atoms with E-state index in [9.17, 15) is 22.0 Å². The highest BCUT2D eigenvalue weighted by Crippen LogP contribution is 2.36. The van der Waals surface area contributed by atoms with Gasteiger partial charge >= 0.3 is 0 Å². The topological polar surface area (TPSA) is 92.3 Å². The summed E-state index contributed by atoms with van der Waals surface area (Å²) in [6.07, 6.45) is -1.19. The summed E-state index contributed by atoms with van der Waals surface area (Å²) >= 11 is 0. The molecular formula is C24H36F2N4O5S. The molecule has 2 aliphatic heterocycles. The third-order valence-corrected chi connectivity index (χ3v) is 9.20. The fourth-order valence-corrected chi connectivity index (χ4v) is 6.93. The number of hydrogen-bond donors (Lipinski definition) is 0. The number of aromatic nitrogens is 1. The van der Waals surface area contributed by atoms with Crippen LogP contribution in [0.4, 0.5) is 14.6 Å². The maximum atomic E-state index is 14.1. The Labute approximate surface area is 211 Å². The van der Waals surface area contributed by atoms with E-state index in [2.05, 4.69) is 4.98 Å². The van der Waals surface area contributed by atoms with Crippen LogP contribution in [0.25, 0.3) is 0 Å². The van der Waals surface area contributed by atoms with Gasteiger partial charge in [0.25, 0.3) is 5.91 Å². The first-order valence-electron chi connectivity index (χ1n) is 12.5. The van der Waals surface area contributed by atoms with Gasteiger partial charge in [0, 0.05) is 38.2 Å². The van der Waals surface area contributed by atoms with E-state index in [1.54, 1.807) is 13.0 Å². The summed E-state index contributed by atoms with van der Waals surface area (Å²) in [6.45, 7) is 6.93. The summed E-state index contributed by atoms with van der Waals surface area (Å²) in [5.74, 6) is -2.93. The van der Waals surface area contributed by atoms with Crippen LogP contribution in [0.2, 0.25) is 0 Å². The van der Waals surface area contributed by atoms with Crippen LogP contribution in [-0.4, -0.2) is 92.2 Å². The number of hydrogen-bond acceptors (Lipinski definition) is 7. The zero-order chi connectivity index (χ0) is 26.3. The number of halogens is 2. The lowest BCUT2D eigenvalue weighted by atomic mass is 9.91. The SMILES string of the molecule is Cc1ccc(S(=O)(=O)N2CCCO[C@@H]2C(=O)N(C)C2CCC(F)(F)CC2)c(N2[C@@H](C)COC[C@@H]2C)n1. The first kappa shape index (κ1) is 27.2. The van der Waals surface area contributed by atoms with Gasteiger partial charge in [0.1, 0.15) is 10.7 Å². The van der Waals surface area contributed by atoms with Crippen LogP contribution in [0.5, 0.6) is 0 Å². The average Bonchev–Trinajstić information content (AvgIpc) is 2.83. The van der Waals surface area contributed by atoms with Gasteiger partial charge in [-0.3, -0.25) is 4.79 Å². The van der Waals surface area contributed by atoms with Crippen molar-refractivity contribution in [3.8, 4) is 0 Å². The molecule has 0 radical (unpaired) electrons. The molecule has 1 aliphatic carbocycles. The van der Waals surface area contributed by atoms with Gasteiger partial charge in [0.15, 0.2) is 0 Å². The second kappa shape index (κ2) is 10.5. The first-order chi connectivity index (χ1) is 16.9. The Morgan fingerprint density at radius 3 is 2.44 bits per heavy atom. The van der Waals surface area contributed by atoms with E-state index >= 15 is 0 Å². The van der Waals surface area contributed by atoms with Gasteiger partial charge < -0.3 is 19.3 Å². The number of sulfonamides is 1. The Bertz CT molecular complexity index is 1050. The third-order valence-electron chi connectivity index (χ3n) is 7.33. The smallest absolute Gasteiger partial charge is 0.268 e. The van der Waals surface area contributed by atoms with Crippen LogP contribution in [0, 0.1) is 6.92 Å². The zero-order valence-corrected chi connectivity index (χ0v) is 22.1. The predicted octanol–water partition coefficient (Wildman–Crippen LogP) is 2.78. The van der Waals surface area contributed by atoms with Crippen molar-refractivity contribution in [3.05, 3.63) is 17.8 Å². The molecule has 3 fully saturated rings. The Kier molecular flexibility index (Phi) is 7.89. The number of anilines is 1. The summed E-state index contributed by atoms with van der Waals surface area (Å²) in [5, 5.41) is 0. The number of morpholine rings is 1. The maximum absolute atomic E-state index is 14.1. The largest absolute Gasteiger partial charge is 0.377 e. The molecular weight excluding hydrogens is 494 g/mol. The maximum Gasteiger partial charge on any atom is 0.268 e. The van der Waals surface area contributed by atoms with Gasteiger partial charge in [-0.1, -0.05) is 0 Å². The van der Waals surface area contributed by atoms with Crippen LogP contribution in [0.1, 0.15) is 51.6 Å². The van der Waals surface area contributed by atoms with E-state index in [1.165, 1.54) is 18.0 Å². The van der Waals surface area contributed by atoms with Gasteiger partial charge in [0.05, 0.1) is 31.9 Å². The van der Waals surface area contributed by atoms with Crippen LogP contribution in [0.15, 0.2) is 17.0 Å². The van der Waals surface area contributed by atoms with Crippen molar-refractivity contribution < 1.29 is 31.5 Å². The quantitative estimate of drug-likeness (QED) is 0.578. The summed E-state index contributed by atoms with van der Waals surface area (Å²) < 4.78 is 67.8. The first-order valence-corrected chi connectivity index (χ1v) is 14.0. The molecule has 9 nitrogen and oxygen atoms in total. The van der Waals surface area contributed by atoms with Gasteiger partial charge in [-0.15, -0.1) is 0 Å². The molecule has 0 bridgehead atoms. The fraction of sp³-hybridized carbons (Fsp3) is 0.750. The molecule has 1 saturated carbocycles. The van der Waals surface area contributed by atoms with Crippen molar-refractivity contribution in [2.24, 2.45) is 0 Å². The minimum atomic E-state index is -4.19. The monoisotopic (exact) mass is 530 g/mol. The number of likely N-dealkylation sites (N-methyl/N-ethyl adjacent to an activating group) is 1. The normalized spacial score (nSPS) is 28.2. The van der Waals surface area contributed by atoms with Crippen LogP contribution in [0.3, 0.4) is 0 Å². The standard InChI is InChI=1S/C24H36F2N4O5S/c1-16-6-7-20(21(27-16)30-17(2)14-34-15-18(30)3)36(32,33)29-12-5-13-35-23(29)22(31)28(4)19-8-10-24(25,26)11-9-19/h6-7,17-19,23H,5,8-15H2,1-4H3/t17-,18-,23+/m0/s1.